The lowest BCUT2D eigenvalue weighted by molar-refractivity contribution is 0.0304. The highest BCUT2D eigenvalue weighted by Gasteiger charge is 2.42. The van der Waals surface area contributed by atoms with Gasteiger partial charge in [-0.15, -0.1) is 0 Å². The van der Waals surface area contributed by atoms with E-state index < -0.39 is 5.97 Å². The number of aromatic nitrogens is 2. The fraction of sp³-hybridized carbons (Fsp3) is 0.500. The summed E-state index contributed by atoms with van der Waals surface area (Å²) >= 11 is 0. The number of nitrogens with zero attached hydrogens (tertiary/aromatic N) is 3. The van der Waals surface area contributed by atoms with Gasteiger partial charge in [0.2, 0.25) is 0 Å². The lowest BCUT2D eigenvalue weighted by Gasteiger charge is -2.37. The molecule has 0 unspecified atom stereocenters. The number of fused-ring (bicyclic) bond motifs is 1. The number of methoxy groups -OCH3 is 2. The molecule has 0 bridgehead atoms. The van der Waals surface area contributed by atoms with Crippen LogP contribution in [0.2, 0.25) is 0 Å². The largest absolute Gasteiger partial charge is 0.464 e. The van der Waals surface area contributed by atoms with E-state index in [1.807, 2.05) is 30.5 Å². The van der Waals surface area contributed by atoms with E-state index in [-0.39, 0.29) is 12.1 Å². The normalized spacial score (nSPS) is 26.7. The number of anilines is 1. The van der Waals surface area contributed by atoms with Crippen molar-refractivity contribution in [3.05, 3.63) is 54.0 Å². The zero-order valence-electron chi connectivity index (χ0n) is 17.0. The number of ether oxygens (including phenoxy) is 2. The van der Waals surface area contributed by atoms with Gasteiger partial charge in [0.25, 0.3) is 0 Å². The molecule has 1 N–H and O–H groups in total. The molecule has 2 fully saturated rings. The van der Waals surface area contributed by atoms with Crippen molar-refractivity contribution < 1.29 is 14.3 Å². The Morgan fingerprint density at radius 1 is 1.14 bits per heavy atom. The van der Waals surface area contributed by atoms with E-state index in [1.165, 1.54) is 7.11 Å². The maximum absolute atomic E-state index is 11.5. The maximum atomic E-state index is 11.5. The van der Waals surface area contributed by atoms with Crippen LogP contribution < -0.4 is 5.32 Å². The molecule has 1 saturated carbocycles. The van der Waals surface area contributed by atoms with Crippen LogP contribution in [0.4, 0.5) is 5.82 Å². The molecular weight excluding hydrogens is 368 g/mol. The number of carbonyl (C=O) groups excluding carboxylic acids is 1. The fourth-order valence-corrected chi connectivity index (χ4v) is 4.69. The molecule has 154 valence electrons. The highest BCUT2D eigenvalue weighted by atomic mass is 16.5. The third-order valence-electron chi connectivity index (χ3n) is 6.12. The fourth-order valence-electron chi connectivity index (χ4n) is 4.69. The van der Waals surface area contributed by atoms with E-state index in [9.17, 15) is 4.79 Å². The average Bonchev–Trinajstić information content (AvgIpc) is 3.14. The van der Waals surface area contributed by atoms with Crippen LogP contribution in [-0.4, -0.2) is 60.3 Å². The Morgan fingerprint density at radius 3 is 2.62 bits per heavy atom. The molecule has 3 heterocycles. The van der Waals surface area contributed by atoms with E-state index in [1.54, 1.807) is 19.4 Å². The first-order chi connectivity index (χ1) is 14.2. The molecule has 0 aromatic carbocycles. The topological polar surface area (TPSA) is 76.6 Å². The predicted octanol–water partition coefficient (Wildman–Crippen LogP) is 2.60. The molecular formula is C22H28N4O3. The molecule has 2 aromatic rings. The summed E-state index contributed by atoms with van der Waals surface area (Å²) in [6.07, 6.45) is 5.92. The van der Waals surface area contributed by atoms with E-state index in [2.05, 4.69) is 20.2 Å². The van der Waals surface area contributed by atoms with Crippen LogP contribution in [0.15, 0.2) is 42.7 Å². The van der Waals surface area contributed by atoms with Crippen LogP contribution in [0, 0.1) is 11.8 Å². The quantitative estimate of drug-likeness (QED) is 0.752. The Hall–Kier alpha value is -2.51. The molecule has 0 radical (unpaired) electrons. The van der Waals surface area contributed by atoms with Gasteiger partial charge in [-0.2, -0.15) is 0 Å². The van der Waals surface area contributed by atoms with Crippen LogP contribution in [0.3, 0.4) is 0 Å². The summed E-state index contributed by atoms with van der Waals surface area (Å²) in [7, 11) is 3.17. The van der Waals surface area contributed by atoms with Gasteiger partial charge in [-0.25, -0.2) is 14.8 Å². The highest BCUT2D eigenvalue weighted by Crippen LogP contribution is 2.38. The molecule has 1 aliphatic heterocycles. The van der Waals surface area contributed by atoms with Gasteiger partial charge in [0.1, 0.15) is 11.5 Å². The molecule has 0 amide bonds. The average molecular weight is 396 g/mol. The molecule has 4 rings (SSSR count). The smallest absolute Gasteiger partial charge is 0.356 e. The van der Waals surface area contributed by atoms with E-state index in [4.69, 9.17) is 9.47 Å². The van der Waals surface area contributed by atoms with Gasteiger partial charge in [-0.3, -0.25) is 4.90 Å². The first-order valence-electron chi connectivity index (χ1n) is 10.1. The summed E-state index contributed by atoms with van der Waals surface area (Å²) in [6.45, 7) is 2.98. The minimum atomic E-state index is -0.402. The number of rotatable bonds is 6. The Labute approximate surface area is 171 Å². The molecule has 2 aromatic heterocycles. The molecule has 7 nitrogen and oxygen atoms in total. The predicted molar refractivity (Wildman–Crippen MR) is 110 cm³/mol. The summed E-state index contributed by atoms with van der Waals surface area (Å²) in [5.41, 5.74) is 1.46. The highest BCUT2D eigenvalue weighted by molar-refractivity contribution is 5.86. The van der Waals surface area contributed by atoms with Crippen molar-refractivity contribution in [1.29, 1.82) is 0 Å². The lowest BCUT2D eigenvalue weighted by atomic mass is 9.77. The maximum Gasteiger partial charge on any atom is 0.356 e. The number of hydrogen-bond acceptors (Lipinski definition) is 7. The van der Waals surface area contributed by atoms with E-state index >= 15 is 0 Å². The second-order valence-electron chi connectivity index (χ2n) is 7.97. The summed E-state index contributed by atoms with van der Waals surface area (Å²) in [5, 5.41) is 3.57. The first-order valence-corrected chi connectivity index (χ1v) is 10.1. The number of esters is 1. The van der Waals surface area contributed by atoms with Gasteiger partial charge in [0.15, 0.2) is 0 Å². The van der Waals surface area contributed by atoms with Crippen LogP contribution in [0.25, 0.3) is 0 Å². The number of carbonyl (C=O) groups is 1. The molecule has 29 heavy (non-hydrogen) atoms. The summed E-state index contributed by atoms with van der Waals surface area (Å²) in [5.74, 6) is 1.79. The van der Waals surface area contributed by atoms with Crippen molar-refractivity contribution in [3.63, 3.8) is 0 Å². The van der Waals surface area contributed by atoms with Crippen molar-refractivity contribution in [2.75, 3.05) is 32.6 Å². The molecule has 1 saturated heterocycles. The van der Waals surface area contributed by atoms with Gasteiger partial charge in [0, 0.05) is 39.1 Å². The number of hydrogen-bond donors (Lipinski definition) is 1. The molecule has 4 atom stereocenters. The Kier molecular flexibility index (Phi) is 6.06. The van der Waals surface area contributed by atoms with Gasteiger partial charge in [-0.1, -0.05) is 12.1 Å². The van der Waals surface area contributed by atoms with Gasteiger partial charge in [0.05, 0.1) is 19.3 Å². The van der Waals surface area contributed by atoms with Crippen LogP contribution >= 0.6 is 0 Å². The van der Waals surface area contributed by atoms with E-state index in [0.717, 1.165) is 43.9 Å². The van der Waals surface area contributed by atoms with E-state index in [0.29, 0.717) is 17.5 Å². The molecule has 2 aliphatic rings. The molecule has 1 aliphatic carbocycles. The summed E-state index contributed by atoms with van der Waals surface area (Å²) < 4.78 is 10.5. The SMILES string of the molecule is COC(=O)c1ccc(CN2C[C@H]3C[C@@H](Nc4ccccn4)[C@H](OC)C[C@H]3C2)cn1. The Morgan fingerprint density at radius 2 is 1.97 bits per heavy atom. The van der Waals surface area contributed by atoms with Crippen molar-refractivity contribution in [1.82, 2.24) is 14.9 Å². The zero-order chi connectivity index (χ0) is 20.2. The monoisotopic (exact) mass is 396 g/mol. The van der Waals surface area contributed by atoms with Crippen LogP contribution in [0.1, 0.15) is 28.9 Å². The Balaban J connectivity index is 1.37. The number of pyridine rings is 2. The summed E-state index contributed by atoms with van der Waals surface area (Å²) in [4.78, 5) is 22.7. The van der Waals surface area contributed by atoms with Crippen LogP contribution in [-0.2, 0) is 16.0 Å². The first kappa shape index (κ1) is 19.8. The lowest BCUT2D eigenvalue weighted by Crippen LogP contribution is -2.44. The van der Waals surface area contributed by atoms with Gasteiger partial charge in [-0.05, 0) is 48.4 Å². The van der Waals surface area contributed by atoms with Crippen LogP contribution in [0.5, 0.6) is 0 Å². The Bertz CT molecular complexity index is 815. The third-order valence-corrected chi connectivity index (χ3v) is 6.12. The molecule has 0 spiro atoms. The zero-order valence-corrected chi connectivity index (χ0v) is 17.0. The van der Waals surface area contributed by atoms with Gasteiger partial charge < -0.3 is 14.8 Å². The second-order valence-corrected chi connectivity index (χ2v) is 7.97. The van der Waals surface area contributed by atoms with Crippen molar-refractivity contribution in [2.45, 2.75) is 31.5 Å². The molecule has 7 heteroatoms. The number of likely N-dealkylation sites (tertiary alicyclic amines) is 1. The summed E-state index contributed by atoms with van der Waals surface area (Å²) in [6, 6.07) is 9.90. The van der Waals surface area contributed by atoms with Crippen molar-refractivity contribution in [3.8, 4) is 0 Å². The standard InChI is InChI=1S/C22H28N4O3/c1-28-20-10-17-14-26(12-15-6-7-18(24-11-15)22(27)29-2)13-16(17)9-19(20)25-21-5-3-4-8-23-21/h3-8,11,16-17,19-20H,9-10,12-14H2,1-2H3,(H,23,25)/t16-,17+,19-,20-/m1/s1. The van der Waals surface area contributed by atoms with Gasteiger partial charge >= 0.3 is 5.97 Å². The van der Waals surface area contributed by atoms with Crippen molar-refractivity contribution in [2.24, 2.45) is 11.8 Å². The number of nitrogens with one attached hydrogen (secondary N) is 1. The minimum absolute atomic E-state index is 0.194. The minimum Gasteiger partial charge on any atom is -0.464 e. The second kappa shape index (κ2) is 8.88. The van der Waals surface area contributed by atoms with Crippen molar-refractivity contribution >= 4 is 11.8 Å². The third kappa shape index (κ3) is 4.57.